The molecule has 5 heteroatoms. The highest BCUT2D eigenvalue weighted by Gasteiger charge is 2.15. The van der Waals surface area contributed by atoms with Crippen LogP contribution in [0.15, 0.2) is 35.6 Å². The fourth-order valence-corrected chi connectivity index (χ4v) is 4.48. The van der Waals surface area contributed by atoms with Crippen LogP contribution in [-0.4, -0.2) is 28.0 Å². The number of terminal acetylenes is 1. The first kappa shape index (κ1) is 17.0. The minimum absolute atomic E-state index is 0.851. The van der Waals surface area contributed by atoms with Crippen molar-refractivity contribution in [2.75, 3.05) is 18.4 Å². The van der Waals surface area contributed by atoms with E-state index in [1.54, 1.807) is 11.3 Å². The molecule has 0 amide bonds. The van der Waals surface area contributed by atoms with Crippen molar-refractivity contribution in [3.8, 4) is 12.3 Å². The number of aromatic nitrogens is 2. The molecule has 1 fully saturated rings. The second-order valence-corrected chi connectivity index (χ2v) is 7.92. The molecule has 1 saturated heterocycles. The fraction of sp³-hybridized carbons (Fsp3) is 0.333. The Bertz CT molecular complexity index is 910. The van der Waals surface area contributed by atoms with E-state index in [0.29, 0.717) is 0 Å². The summed E-state index contributed by atoms with van der Waals surface area (Å²) >= 11 is 1.67. The lowest BCUT2D eigenvalue weighted by Gasteiger charge is -2.14. The summed E-state index contributed by atoms with van der Waals surface area (Å²) in [7, 11) is 0. The average molecular weight is 363 g/mol. The highest BCUT2D eigenvalue weighted by molar-refractivity contribution is 7.15. The van der Waals surface area contributed by atoms with Gasteiger partial charge in [-0.25, -0.2) is 9.97 Å². The van der Waals surface area contributed by atoms with E-state index in [0.717, 1.165) is 35.2 Å². The van der Waals surface area contributed by atoms with Crippen LogP contribution in [0.3, 0.4) is 0 Å². The first-order valence-electron chi connectivity index (χ1n) is 9.00. The van der Waals surface area contributed by atoms with Crippen LogP contribution in [0.5, 0.6) is 0 Å². The molecule has 132 valence electrons. The number of nitrogens with zero attached hydrogens (tertiary/aromatic N) is 3. The van der Waals surface area contributed by atoms with E-state index < -0.39 is 0 Å². The third-order valence-corrected chi connectivity index (χ3v) is 5.83. The Morgan fingerprint density at radius 3 is 2.96 bits per heavy atom. The third kappa shape index (κ3) is 3.72. The lowest BCUT2D eigenvalue weighted by molar-refractivity contribution is 0.331. The van der Waals surface area contributed by atoms with Crippen LogP contribution in [0, 0.1) is 12.3 Å². The zero-order valence-corrected chi connectivity index (χ0v) is 15.8. The molecule has 26 heavy (non-hydrogen) atoms. The molecular weight excluding hydrogens is 340 g/mol. The van der Waals surface area contributed by atoms with Crippen LogP contribution in [0.1, 0.15) is 35.9 Å². The van der Waals surface area contributed by atoms with E-state index in [1.807, 2.05) is 18.3 Å². The number of thiazole rings is 1. The second-order valence-electron chi connectivity index (χ2n) is 6.83. The van der Waals surface area contributed by atoms with E-state index in [1.165, 1.54) is 41.9 Å². The molecule has 0 aromatic carbocycles. The van der Waals surface area contributed by atoms with Crippen LogP contribution in [-0.2, 0) is 13.0 Å². The largest absolute Gasteiger partial charge is 0.316 e. The standard InChI is InChI=1S/C21H22N4S/c1-3-17-6-7-18-19(12-15(17)2)26-21(23-18)24-20-13-16(8-9-22-20)14-25-10-4-5-11-25/h1,6-9,13H,4-5,10-12,14H2,2H3,(H,22,23,24). The molecule has 1 aliphatic heterocycles. The zero-order chi connectivity index (χ0) is 17.9. The lowest BCUT2D eigenvalue weighted by Crippen LogP contribution is -2.18. The van der Waals surface area contributed by atoms with Gasteiger partial charge < -0.3 is 5.32 Å². The molecule has 0 spiro atoms. The van der Waals surface area contributed by atoms with E-state index in [-0.39, 0.29) is 0 Å². The summed E-state index contributed by atoms with van der Waals surface area (Å²) in [6, 6.07) is 4.22. The Hall–Kier alpha value is -2.42. The van der Waals surface area contributed by atoms with Crippen molar-refractivity contribution in [1.82, 2.24) is 14.9 Å². The van der Waals surface area contributed by atoms with Gasteiger partial charge >= 0.3 is 0 Å². The molecule has 0 radical (unpaired) electrons. The predicted octanol–water partition coefficient (Wildman–Crippen LogP) is 4.40. The molecule has 2 aromatic heterocycles. The van der Waals surface area contributed by atoms with Gasteiger partial charge in [-0.1, -0.05) is 11.5 Å². The number of anilines is 2. The van der Waals surface area contributed by atoms with Crippen molar-refractivity contribution in [2.24, 2.45) is 0 Å². The summed E-state index contributed by atoms with van der Waals surface area (Å²) in [5.41, 5.74) is 4.46. The summed E-state index contributed by atoms with van der Waals surface area (Å²) in [6.45, 7) is 5.48. The fourth-order valence-electron chi connectivity index (χ4n) is 3.44. The van der Waals surface area contributed by atoms with Gasteiger partial charge in [-0.3, -0.25) is 4.90 Å². The number of nitrogens with one attached hydrogen (secondary N) is 1. The van der Waals surface area contributed by atoms with Crippen LogP contribution in [0.25, 0.3) is 6.08 Å². The maximum absolute atomic E-state index is 5.57. The van der Waals surface area contributed by atoms with Crippen molar-refractivity contribution in [3.05, 3.63) is 51.7 Å². The van der Waals surface area contributed by atoms with Crippen molar-refractivity contribution in [3.63, 3.8) is 0 Å². The highest BCUT2D eigenvalue weighted by Crippen LogP contribution is 2.31. The minimum atomic E-state index is 0.851. The number of fused-ring (bicyclic) bond motifs is 1. The summed E-state index contributed by atoms with van der Waals surface area (Å²) < 4.78 is 0. The minimum Gasteiger partial charge on any atom is -0.316 e. The van der Waals surface area contributed by atoms with Crippen molar-refractivity contribution < 1.29 is 0 Å². The van der Waals surface area contributed by atoms with Crippen molar-refractivity contribution in [2.45, 2.75) is 32.7 Å². The number of hydrogen-bond acceptors (Lipinski definition) is 5. The first-order chi connectivity index (χ1) is 12.7. The highest BCUT2D eigenvalue weighted by atomic mass is 32.1. The Morgan fingerprint density at radius 2 is 2.15 bits per heavy atom. The van der Waals surface area contributed by atoms with Crippen LogP contribution < -0.4 is 5.32 Å². The van der Waals surface area contributed by atoms with E-state index in [4.69, 9.17) is 11.4 Å². The summed E-state index contributed by atoms with van der Waals surface area (Å²) in [5.74, 6) is 3.60. The topological polar surface area (TPSA) is 41.0 Å². The summed E-state index contributed by atoms with van der Waals surface area (Å²) in [4.78, 5) is 12.9. The number of pyridine rings is 1. The van der Waals surface area contributed by atoms with E-state index in [2.05, 4.69) is 40.2 Å². The zero-order valence-electron chi connectivity index (χ0n) is 15.0. The molecule has 2 aliphatic rings. The quantitative estimate of drug-likeness (QED) is 0.819. The molecule has 3 heterocycles. The Morgan fingerprint density at radius 1 is 1.31 bits per heavy atom. The van der Waals surface area contributed by atoms with Gasteiger partial charge in [0.2, 0.25) is 0 Å². The Balaban J connectivity index is 1.49. The van der Waals surface area contributed by atoms with Gasteiger partial charge in [0.05, 0.1) is 5.69 Å². The van der Waals surface area contributed by atoms with Gasteiger partial charge in [0.15, 0.2) is 5.13 Å². The second kappa shape index (κ2) is 7.45. The number of allylic oxidation sites excluding steroid dienone is 3. The van der Waals surface area contributed by atoms with Gasteiger partial charge in [0, 0.05) is 29.6 Å². The monoisotopic (exact) mass is 362 g/mol. The van der Waals surface area contributed by atoms with Crippen molar-refractivity contribution >= 4 is 28.4 Å². The smallest absolute Gasteiger partial charge is 0.189 e. The molecule has 0 saturated carbocycles. The van der Waals surface area contributed by atoms with Crippen LogP contribution >= 0.6 is 11.3 Å². The van der Waals surface area contributed by atoms with Gasteiger partial charge in [0.1, 0.15) is 5.82 Å². The lowest BCUT2D eigenvalue weighted by atomic mass is 10.1. The van der Waals surface area contributed by atoms with E-state index in [9.17, 15) is 0 Å². The number of rotatable bonds is 4. The molecule has 4 rings (SSSR count). The molecule has 1 aliphatic carbocycles. The third-order valence-electron chi connectivity index (χ3n) is 4.84. The molecule has 1 N–H and O–H groups in total. The SMILES string of the molecule is C#CC1=C(C)Cc2sc(Nc3cc(CN4CCCC4)ccn3)nc2C=C1. The van der Waals surface area contributed by atoms with Gasteiger partial charge in [-0.15, -0.1) is 17.8 Å². The maximum atomic E-state index is 5.57. The molecule has 0 unspecified atom stereocenters. The van der Waals surface area contributed by atoms with Crippen LogP contribution in [0.2, 0.25) is 0 Å². The maximum Gasteiger partial charge on any atom is 0.189 e. The van der Waals surface area contributed by atoms with E-state index >= 15 is 0 Å². The number of likely N-dealkylation sites (tertiary alicyclic amines) is 1. The van der Waals surface area contributed by atoms with Gasteiger partial charge in [0.25, 0.3) is 0 Å². The normalized spacial score (nSPS) is 17.1. The molecule has 4 nitrogen and oxygen atoms in total. The van der Waals surface area contributed by atoms with Gasteiger partial charge in [-0.2, -0.15) is 0 Å². The summed E-state index contributed by atoms with van der Waals surface area (Å²) in [6.07, 6.45) is 14.9. The predicted molar refractivity (Wildman–Crippen MR) is 108 cm³/mol. The van der Waals surface area contributed by atoms with Crippen molar-refractivity contribution in [1.29, 1.82) is 0 Å². The van der Waals surface area contributed by atoms with Gasteiger partial charge in [-0.05, 0) is 62.7 Å². The van der Waals surface area contributed by atoms with Crippen LogP contribution in [0.4, 0.5) is 10.9 Å². The molecule has 0 atom stereocenters. The Labute approximate surface area is 158 Å². The Kier molecular flexibility index (Phi) is 4.87. The molecular formula is C21H22N4S. The first-order valence-corrected chi connectivity index (χ1v) is 9.81. The summed E-state index contributed by atoms with van der Waals surface area (Å²) in [5, 5.41) is 4.25. The molecule has 2 aromatic rings. The number of hydrogen-bond donors (Lipinski definition) is 1. The molecule has 0 bridgehead atoms. The average Bonchev–Trinajstić information content (AvgIpc) is 3.23.